The number of methoxy groups -OCH3 is 1. The van der Waals surface area contributed by atoms with Crippen molar-refractivity contribution in [2.45, 2.75) is 33.0 Å². The average Bonchev–Trinajstić information content (AvgIpc) is 2.71. The summed E-state index contributed by atoms with van der Waals surface area (Å²) < 4.78 is 7.89. The molecule has 1 heterocycles. The van der Waals surface area contributed by atoms with Gasteiger partial charge in [0.25, 0.3) is 5.56 Å². The minimum Gasteiger partial charge on any atom is -0.364 e. The lowest BCUT2D eigenvalue weighted by atomic mass is 10.2. The Balaban J connectivity index is 2.62. The number of nitrogens with two attached hydrogens (primary N) is 1. The fourth-order valence-electron chi connectivity index (χ4n) is 3.05. The quantitative estimate of drug-likeness (QED) is 0.256. The van der Waals surface area contributed by atoms with Crippen molar-refractivity contribution in [3.8, 4) is 0 Å². The highest BCUT2D eigenvalue weighted by Crippen LogP contribution is 2.25. The van der Waals surface area contributed by atoms with Crippen LogP contribution in [0.3, 0.4) is 0 Å². The molecule has 0 unspecified atom stereocenters. The van der Waals surface area contributed by atoms with Gasteiger partial charge in [0, 0.05) is 31.8 Å². The van der Waals surface area contributed by atoms with Crippen LogP contribution in [0.1, 0.15) is 18.9 Å². The van der Waals surface area contributed by atoms with Crippen LogP contribution in [0.4, 0.5) is 11.5 Å². The van der Waals surface area contributed by atoms with Crippen LogP contribution in [0.2, 0.25) is 5.02 Å². The number of benzene rings is 1. The predicted molar refractivity (Wildman–Crippen MR) is 114 cm³/mol. The van der Waals surface area contributed by atoms with E-state index in [2.05, 4.69) is 16.5 Å². The molecule has 0 aliphatic carbocycles. The van der Waals surface area contributed by atoms with Crippen LogP contribution in [0.15, 0.2) is 38.8 Å². The van der Waals surface area contributed by atoms with Gasteiger partial charge < -0.3 is 14.5 Å². The van der Waals surface area contributed by atoms with E-state index in [9.17, 15) is 9.59 Å². The molecular weight excluding hydrogens is 398 g/mol. The number of nitrogens with zero attached hydrogens (tertiary/aromatic N) is 4. The zero-order chi connectivity index (χ0) is 21.4. The van der Waals surface area contributed by atoms with Gasteiger partial charge in [-0.1, -0.05) is 23.7 Å². The van der Waals surface area contributed by atoms with E-state index in [-0.39, 0.29) is 31.4 Å². The summed E-state index contributed by atoms with van der Waals surface area (Å²) >= 11 is 5.97. The van der Waals surface area contributed by atoms with E-state index >= 15 is 0 Å². The molecule has 158 valence electrons. The van der Waals surface area contributed by atoms with Crippen molar-refractivity contribution >= 4 is 29.8 Å². The Bertz CT molecular complexity index is 939. The maximum absolute atomic E-state index is 13.3. The first-order valence-corrected chi connectivity index (χ1v) is 9.50. The van der Waals surface area contributed by atoms with Gasteiger partial charge in [0.05, 0.1) is 6.61 Å². The van der Waals surface area contributed by atoms with E-state index in [0.29, 0.717) is 24.5 Å². The van der Waals surface area contributed by atoms with Crippen LogP contribution in [-0.2, 0) is 29.2 Å². The van der Waals surface area contributed by atoms with Crippen LogP contribution in [0, 0.1) is 0 Å². The number of hydrogen-bond donors (Lipinski definition) is 1. The highest BCUT2D eigenvalue weighted by molar-refractivity contribution is 6.30. The molecule has 0 fully saturated rings. The number of ether oxygens (including phenoxy) is 1. The summed E-state index contributed by atoms with van der Waals surface area (Å²) in [4.78, 5) is 36.4. The molecule has 1 aromatic carbocycles. The van der Waals surface area contributed by atoms with Crippen LogP contribution in [0.5, 0.6) is 0 Å². The molecule has 2 rings (SSSR count). The zero-order valence-corrected chi connectivity index (χ0v) is 17.4. The summed E-state index contributed by atoms with van der Waals surface area (Å²) in [7, 11) is 1.53. The fraction of sp³-hybridized carbons (Fsp3) is 0.421. The van der Waals surface area contributed by atoms with Crippen molar-refractivity contribution in [3.05, 3.63) is 55.7 Å². The Morgan fingerprint density at radius 2 is 1.93 bits per heavy atom. The fourth-order valence-corrected chi connectivity index (χ4v) is 3.18. The number of aromatic nitrogens is 2. The Morgan fingerprint density at radius 3 is 2.48 bits per heavy atom. The summed E-state index contributed by atoms with van der Waals surface area (Å²) in [5.41, 5.74) is 0.236. The molecular formula is C19H26ClN5O4. The molecule has 29 heavy (non-hydrogen) atoms. The molecule has 0 radical (unpaired) electrons. The topological polar surface area (TPSA) is 104 Å². The summed E-state index contributed by atoms with van der Waals surface area (Å²) in [5, 5.41) is 0.615. The van der Waals surface area contributed by atoms with Gasteiger partial charge in [0.2, 0.25) is 0 Å². The second-order valence-corrected chi connectivity index (χ2v) is 6.72. The second-order valence-electron chi connectivity index (χ2n) is 6.28. The van der Waals surface area contributed by atoms with E-state index in [1.807, 2.05) is 12.1 Å². The van der Waals surface area contributed by atoms with E-state index in [0.717, 1.165) is 10.1 Å². The third-order valence-electron chi connectivity index (χ3n) is 4.37. The molecule has 2 aromatic rings. The van der Waals surface area contributed by atoms with Gasteiger partial charge in [-0.15, -0.1) is 0 Å². The van der Waals surface area contributed by atoms with Crippen LogP contribution >= 0.6 is 11.6 Å². The van der Waals surface area contributed by atoms with Crippen LogP contribution < -0.4 is 22.0 Å². The highest BCUT2D eigenvalue weighted by atomic mass is 35.5. The lowest BCUT2D eigenvalue weighted by Crippen LogP contribution is -2.44. The van der Waals surface area contributed by atoms with Gasteiger partial charge in [-0.25, -0.2) is 15.7 Å². The molecule has 0 atom stereocenters. The van der Waals surface area contributed by atoms with E-state index in [4.69, 9.17) is 22.2 Å². The lowest BCUT2D eigenvalue weighted by molar-refractivity contribution is 0.131. The van der Waals surface area contributed by atoms with Gasteiger partial charge in [-0.05, 0) is 37.8 Å². The SMILES string of the molecule is C=Nc1c(N(COC)Cc2ccc(Cl)cc2)c(=O)n(CCCON)c(=O)n1CC. The van der Waals surface area contributed by atoms with Gasteiger partial charge >= 0.3 is 5.69 Å². The van der Waals surface area contributed by atoms with Crippen LogP contribution in [-0.4, -0.2) is 36.3 Å². The van der Waals surface area contributed by atoms with Gasteiger partial charge in [0.1, 0.15) is 12.4 Å². The van der Waals surface area contributed by atoms with Crippen molar-refractivity contribution in [2.24, 2.45) is 10.9 Å². The molecule has 9 nitrogen and oxygen atoms in total. The molecule has 0 spiro atoms. The summed E-state index contributed by atoms with van der Waals surface area (Å²) in [5.74, 6) is 5.26. The summed E-state index contributed by atoms with van der Waals surface area (Å²) in [6.45, 7) is 6.57. The number of rotatable bonds is 11. The molecule has 0 saturated heterocycles. The minimum absolute atomic E-state index is 0.119. The second kappa shape index (κ2) is 10.9. The summed E-state index contributed by atoms with van der Waals surface area (Å²) in [6, 6.07) is 7.26. The maximum Gasteiger partial charge on any atom is 0.332 e. The molecule has 0 bridgehead atoms. The molecule has 1 aromatic heterocycles. The van der Waals surface area contributed by atoms with Crippen LogP contribution in [0.25, 0.3) is 0 Å². The molecule has 0 saturated carbocycles. The lowest BCUT2D eigenvalue weighted by Gasteiger charge is -2.26. The Hall–Kier alpha value is -2.46. The zero-order valence-electron chi connectivity index (χ0n) is 16.6. The maximum atomic E-state index is 13.3. The molecule has 2 N–H and O–H groups in total. The third kappa shape index (κ3) is 5.33. The average molecular weight is 424 g/mol. The smallest absolute Gasteiger partial charge is 0.332 e. The third-order valence-corrected chi connectivity index (χ3v) is 4.63. The van der Waals surface area contributed by atoms with Gasteiger partial charge in [0.15, 0.2) is 5.82 Å². The molecule has 0 aliphatic rings. The van der Waals surface area contributed by atoms with Crippen molar-refractivity contribution in [3.63, 3.8) is 0 Å². The first kappa shape index (κ1) is 22.8. The van der Waals surface area contributed by atoms with Crippen molar-refractivity contribution in [1.29, 1.82) is 0 Å². The first-order chi connectivity index (χ1) is 14.0. The van der Waals surface area contributed by atoms with Crippen molar-refractivity contribution in [1.82, 2.24) is 9.13 Å². The number of anilines is 1. The Morgan fingerprint density at radius 1 is 1.24 bits per heavy atom. The van der Waals surface area contributed by atoms with Crippen molar-refractivity contribution in [2.75, 3.05) is 25.3 Å². The number of aliphatic imine (C=N–C) groups is 1. The molecule has 0 aliphatic heterocycles. The number of hydrogen-bond acceptors (Lipinski definition) is 7. The largest absolute Gasteiger partial charge is 0.364 e. The molecule has 10 heteroatoms. The molecule has 0 amide bonds. The predicted octanol–water partition coefficient (Wildman–Crippen LogP) is 1.91. The van der Waals surface area contributed by atoms with Crippen molar-refractivity contribution < 1.29 is 9.57 Å². The number of halogens is 1. The highest BCUT2D eigenvalue weighted by Gasteiger charge is 2.23. The minimum atomic E-state index is -0.467. The van der Waals surface area contributed by atoms with E-state index < -0.39 is 11.2 Å². The first-order valence-electron chi connectivity index (χ1n) is 9.12. The summed E-state index contributed by atoms with van der Waals surface area (Å²) in [6.07, 6.45) is 0.414. The Kier molecular flexibility index (Phi) is 8.59. The van der Waals surface area contributed by atoms with E-state index in [1.165, 1.54) is 11.7 Å². The van der Waals surface area contributed by atoms with Gasteiger partial charge in [-0.3, -0.25) is 13.9 Å². The van der Waals surface area contributed by atoms with Gasteiger partial charge in [-0.2, -0.15) is 0 Å². The van der Waals surface area contributed by atoms with E-state index in [1.54, 1.807) is 24.0 Å². The monoisotopic (exact) mass is 423 g/mol. The normalized spacial score (nSPS) is 10.9. The Labute approximate surface area is 173 Å². The standard InChI is InChI=1S/C19H26ClN5O4/c1-4-24-17(22-2)16(18(26)25(19(24)27)10-5-11-29-21)23(13-28-3)12-14-6-8-15(20)9-7-14/h6-9H,2,4-5,10-13,21H2,1,3H3.